The van der Waals surface area contributed by atoms with Crippen LogP contribution in [0.4, 0.5) is 0 Å². The lowest BCUT2D eigenvalue weighted by molar-refractivity contribution is 0.112. The molecule has 0 amide bonds. The zero-order chi connectivity index (χ0) is 25.0. The molecule has 3 aromatic carbocycles. The summed E-state index contributed by atoms with van der Waals surface area (Å²) in [4.78, 5) is 10.2. The third-order valence-corrected chi connectivity index (χ3v) is 5.44. The highest BCUT2D eigenvalue weighted by Gasteiger charge is 2.06. The molecule has 2 N–H and O–H groups in total. The monoisotopic (exact) mass is 586 g/mol. The maximum Gasteiger partial charge on any atom is 0.176 e. The highest BCUT2D eigenvalue weighted by atomic mass is 35.5. The summed E-state index contributed by atoms with van der Waals surface area (Å²) in [6, 6.07) is 14.4. The van der Waals surface area contributed by atoms with Crippen molar-refractivity contribution in [2.45, 2.75) is 0 Å². The molecular weight excluding hydrogens is 576 g/mol. The van der Waals surface area contributed by atoms with Crippen molar-refractivity contribution in [2.24, 2.45) is 10.3 Å². The second kappa shape index (κ2) is 15.3. The SMILES string of the molecule is O/N=C(\Cl)c1ccc(Cl)cc1Cl.O/N=C/c1ccc(Cl)cc1Cl.O=Cc1ccc(Cl)cc1Cl. The van der Waals surface area contributed by atoms with Crippen molar-refractivity contribution in [3.05, 3.63) is 101 Å². The number of halogens is 7. The van der Waals surface area contributed by atoms with Crippen LogP contribution in [0.2, 0.25) is 30.1 Å². The average Bonchev–Trinajstić information content (AvgIpc) is 2.76. The van der Waals surface area contributed by atoms with Crippen molar-refractivity contribution in [3.63, 3.8) is 0 Å². The smallest absolute Gasteiger partial charge is 0.176 e. The first-order valence-electron chi connectivity index (χ1n) is 8.48. The average molecular weight is 590 g/mol. The van der Waals surface area contributed by atoms with Gasteiger partial charge in [0.1, 0.15) is 0 Å². The standard InChI is InChI=1S/C7H4Cl3NO.C7H5Cl2NO.C7H4Cl2O/c8-4-1-2-5(6(9)3-4)7(10)11-12;8-6-2-1-5(4-10-11)7(9)3-6;8-6-2-1-5(4-10)7(9)3-6/h1-3,12H;1-4,11H;1-4H/b11-7-;10-4+;. The lowest BCUT2D eigenvalue weighted by atomic mass is 10.2. The van der Waals surface area contributed by atoms with Crippen LogP contribution in [-0.2, 0) is 0 Å². The van der Waals surface area contributed by atoms with Crippen LogP contribution in [0.5, 0.6) is 0 Å². The second-order valence-corrected chi connectivity index (χ2v) is 8.60. The van der Waals surface area contributed by atoms with E-state index in [0.717, 1.165) is 0 Å². The van der Waals surface area contributed by atoms with E-state index in [1.807, 2.05) is 0 Å². The Morgan fingerprint density at radius 3 is 1.55 bits per heavy atom. The van der Waals surface area contributed by atoms with E-state index in [9.17, 15) is 4.79 Å². The maximum atomic E-state index is 10.2. The normalized spacial score (nSPS) is 10.7. The Hall–Kier alpha value is -1.70. The summed E-state index contributed by atoms with van der Waals surface area (Å²) in [6.07, 6.45) is 1.94. The molecule has 0 aromatic heterocycles. The summed E-state index contributed by atoms with van der Waals surface area (Å²) in [5, 5.41) is 24.9. The molecule has 0 unspecified atom stereocenters. The fraction of sp³-hybridized carbons (Fsp3) is 0. The van der Waals surface area contributed by atoms with Gasteiger partial charge in [0.15, 0.2) is 11.5 Å². The summed E-state index contributed by atoms with van der Waals surface area (Å²) < 4.78 is 0. The molecule has 0 spiro atoms. The first-order valence-corrected chi connectivity index (χ1v) is 11.1. The van der Waals surface area contributed by atoms with E-state index in [4.69, 9.17) is 91.6 Å². The Morgan fingerprint density at radius 1 is 0.697 bits per heavy atom. The molecule has 33 heavy (non-hydrogen) atoms. The highest BCUT2D eigenvalue weighted by molar-refractivity contribution is 6.70. The van der Waals surface area contributed by atoms with Crippen molar-refractivity contribution in [1.29, 1.82) is 0 Å². The number of hydrogen-bond donors (Lipinski definition) is 2. The Bertz CT molecular complexity index is 1150. The van der Waals surface area contributed by atoms with Crippen molar-refractivity contribution in [3.8, 4) is 0 Å². The van der Waals surface area contributed by atoms with Crippen molar-refractivity contribution < 1.29 is 15.2 Å². The van der Waals surface area contributed by atoms with E-state index in [1.165, 1.54) is 18.3 Å². The molecule has 174 valence electrons. The van der Waals surface area contributed by atoms with Gasteiger partial charge < -0.3 is 10.4 Å². The van der Waals surface area contributed by atoms with Crippen molar-refractivity contribution in [1.82, 2.24) is 0 Å². The molecule has 0 aliphatic heterocycles. The van der Waals surface area contributed by atoms with Crippen LogP contribution in [0.3, 0.4) is 0 Å². The number of hydrogen-bond acceptors (Lipinski definition) is 5. The van der Waals surface area contributed by atoms with Crippen LogP contribution >= 0.6 is 81.2 Å². The minimum atomic E-state index is -0.0586. The molecule has 0 bridgehead atoms. The number of carbonyl (C=O) groups excluding carboxylic acids is 1. The molecule has 0 fully saturated rings. The summed E-state index contributed by atoms with van der Waals surface area (Å²) >= 11 is 39.4. The van der Waals surface area contributed by atoms with Gasteiger partial charge in [0.05, 0.1) is 21.3 Å². The highest BCUT2D eigenvalue weighted by Crippen LogP contribution is 2.23. The summed E-state index contributed by atoms with van der Waals surface area (Å²) in [7, 11) is 0. The lowest BCUT2D eigenvalue weighted by Crippen LogP contribution is -1.91. The van der Waals surface area contributed by atoms with E-state index in [0.29, 0.717) is 53.1 Å². The summed E-state index contributed by atoms with van der Waals surface area (Å²) in [5.74, 6) is 0. The first-order chi connectivity index (χ1) is 15.6. The largest absolute Gasteiger partial charge is 0.411 e. The van der Waals surface area contributed by atoms with Gasteiger partial charge in [-0.15, -0.1) is 0 Å². The van der Waals surface area contributed by atoms with Gasteiger partial charge in [0, 0.05) is 31.8 Å². The van der Waals surface area contributed by atoms with Gasteiger partial charge in [-0.3, -0.25) is 4.79 Å². The van der Waals surface area contributed by atoms with Gasteiger partial charge in [-0.25, -0.2) is 0 Å². The lowest BCUT2D eigenvalue weighted by Gasteiger charge is -1.99. The maximum absolute atomic E-state index is 10.2. The van der Waals surface area contributed by atoms with Crippen LogP contribution in [-0.4, -0.2) is 28.1 Å². The fourth-order valence-electron chi connectivity index (χ4n) is 1.98. The Labute approximate surface area is 224 Å². The molecule has 3 aromatic rings. The molecule has 0 atom stereocenters. The Morgan fingerprint density at radius 2 is 1.15 bits per heavy atom. The predicted octanol–water partition coefficient (Wildman–Crippen LogP) is 8.98. The van der Waals surface area contributed by atoms with Crippen LogP contribution in [0.1, 0.15) is 21.5 Å². The number of rotatable bonds is 3. The molecule has 0 aliphatic rings. The number of oxime groups is 2. The van der Waals surface area contributed by atoms with Gasteiger partial charge in [0.2, 0.25) is 0 Å². The molecule has 0 radical (unpaired) electrons. The van der Waals surface area contributed by atoms with Crippen molar-refractivity contribution >= 4 is 98.9 Å². The molecule has 0 aliphatic carbocycles. The van der Waals surface area contributed by atoms with Gasteiger partial charge >= 0.3 is 0 Å². The summed E-state index contributed by atoms with van der Waals surface area (Å²) in [6.45, 7) is 0. The first kappa shape index (κ1) is 29.3. The van der Waals surface area contributed by atoms with Crippen LogP contribution < -0.4 is 0 Å². The van der Waals surface area contributed by atoms with E-state index < -0.39 is 0 Å². The third kappa shape index (κ3) is 10.4. The van der Waals surface area contributed by atoms with Gasteiger partial charge in [0.25, 0.3) is 0 Å². The van der Waals surface area contributed by atoms with Crippen LogP contribution in [0.15, 0.2) is 64.9 Å². The van der Waals surface area contributed by atoms with Crippen molar-refractivity contribution in [2.75, 3.05) is 0 Å². The van der Waals surface area contributed by atoms with Crippen LogP contribution in [0, 0.1) is 0 Å². The quantitative estimate of drug-likeness (QED) is 0.138. The molecule has 12 heteroatoms. The predicted molar refractivity (Wildman–Crippen MR) is 138 cm³/mol. The third-order valence-electron chi connectivity index (χ3n) is 3.49. The number of benzene rings is 3. The molecule has 0 heterocycles. The fourth-order valence-corrected chi connectivity index (χ4v) is 3.60. The van der Waals surface area contributed by atoms with Crippen LogP contribution in [0.25, 0.3) is 0 Å². The number of nitrogens with zero attached hydrogens (tertiary/aromatic N) is 2. The van der Waals surface area contributed by atoms with Gasteiger partial charge in [-0.05, 0) is 48.5 Å². The Balaban J connectivity index is 0.000000249. The molecule has 3 rings (SSSR count). The van der Waals surface area contributed by atoms with Gasteiger partial charge in [-0.2, -0.15) is 0 Å². The zero-order valence-electron chi connectivity index (χ0n) is 16.2. The topological polar surface area (TPSA) is 82.2 Å². The molecule has 5 nitrogen and oxygen atoms in total. The van der Waals surface area contributed by atoms with E-state index in [-0.39, 0.29) is 5.17 Å². The minimum Gasteiger partial charge on any atom is -0.411 e. The van der Waals surface area contributed by atoms with E-state index >= 15 is 0 Å². The number of aldehydes is 1. The molecular formula is C21H13Cl7N2O3. The van der Waals surface area contributed by atoms with E-state index in [1.54, 1.807) is 42.5 Å². The van der Waals surface area contributed by atoms with Gasteiger partial charge in [-0.1, -0.05) is 97.6 Å². The minimum absolute atomic E-state index is 0.0586. The second-order valence-electron chi connectivity index (χ2n) is 5.71. The number of carbonyl (C=O) groups is 1. The van der Waals surface area contributed by atoms with E-state index in [2.05, 4.69) is 10.3 Å². The Kier molecular flexibility index (Phi) is 13.6. The molecule has 0 saturated carbocycles. The summed E-state index contributed by atoms with van der Waals surface area (Å²) in [5.41, 5.74) is 1.55. The zero-order valence-corrected chi connectivity index (χ0v) is 21.5. The molecule has 0 saturated heterocycles.